The van der Waals surface area contributed by atoms with E-state index in [0.717, 1.165) is 24.0 Å². The van der Waals surface area contributed by atoms with Crippen molar-refractivity contribution in [2.24, 2.45) is 0 Å². The van der Waals surface area contributed by atoms with E-state index >= 15 is 0 Å². The van der Waals surface area contributed by atoms with E-state index in [1.165, 1.54) is 17.1 Å². The van der Waals surface area contributed by atoms with Crippen LogP contribution in [0.5, 0.6) is 0 Å². The average Bonchev–Trinajstić information content (AvgIpc) is 2.77. The molecule has 2 aromatic rings. The maximum Gasteiger partial charge on any atom is 0.434 e. The fraction of sp³-hybridized carbons (Fsp3) is 0.462. The molecule has 0 N–H and O–H groups in total. The van der Waals surface area contributed by atoms with Gasteiger partial charge in [0.15, 0.2) is 0 Å². The molecule has 0 aliphatic heterocycles. The van der Waals surface area contributed by atoms with Crippen molar-refractivity contribution in [3.05, 3.63) is 71.8 Å². The van der Waals surface area contributed by atoms with Crippen LogP contribution in [-0.4, -0.2) is 40.8 Å². The lowest BCUT2D eigenvalue weighted by atomic mass is 10.2. The van der Waals surface area contributed by atoms with Gasteiger partial charge in [-0.2, -0.15) is 5.06 Å². The summed E-state index contributed by atoms with van der Waals surface area (Å²) in [4.78, 5) is 35.9. The van der Waals surface area contributed by atoms with Crippen LogP contribution in [0.25, 0.3) is 0 Å². The van der Waals surface area contributed by atoms with Crippen LogP contribution in [0.3, 0.4) is 0 Å². The summed E-state index contributed by atoms with van der Waals surface area (Å²) in [5.41, 5.74) is 1.37. The van der Waals surface area contributed by atoms with E-state index in [4.69, 9.17) is 14.4 Å². The van der Waals surface area contributed by atoms with Gasteiger partial charge < -0.3 is 4.74 Å². The summed E-state index contributed by atoms with van der Waals surface area (Å²) in [7, 11) is 0. The van der Waals surface area contributed by atoms with Crippen molar-refractivity contribution >= 4 is 12.0 Å². The molecule has 0 atom stereocenters. The highest BCUT2D eigenvalue weighted by atomic mass is 16.7. The maximum atomic E-state index is 12.6. The summed E-state index contributed by atoms with van der Waals surface area (Å²) < 4.78 is 5.48. The van der Waals surface area contributed by atoms with E-state index in [2.05, 4.69) is 0 Å². The summed E-state index contributed by atoms with van der Waals surface area (Å²) >= 11 is 0. The molecule has 0 aliphatic rings. The second kappa shape index (κ2) is 13.6. The van der Waals surface area contributed by atoms with Crippen molar-refractivity contribution < 1.29 is 24.0 Å². The number of benzene rings is 2. The number of hydrogen-bond acceptors (Lipinski definition) is 5. The van der Waals surface area contributed by atoms with Gasteiger partial charge in [0.05, 0.1) is 6.54 Å². The summed E-state index contributed by atoms with van der Waals surface area (Å²) in [6.45, 7) is 8.48. The SMILES string of the molecule is CC(=O)N(CCCCCN(OCc1ccccc1)C(=O)OC(C)(C)C)OCc1ccccc1. The molecule has 33 heavy (non-hydrogen) atoms. The second-order valence-corrected chi connectivity index (χ2v) is 8.78. The smallest absolute Gasteiger partial charge is 0.434 e. The first-order valence-corrected chi connectivity index (χ1v) is 11.4. The Balaban J connectivity index is 1.79. The van der Waals surface area contributed by atoms with Crippen LogP contribution in [0.2, 0.25) is 0 Å². The van der Waals surface area contributed by atoms with Crippen molar-refractivity contribution in [1.82, 2.24) is 10.1 Å². The van der Waals surface area contributed by atoms with Gasteiger partial charge >= 0.3 is 6.09 Å². The molecule has 0 aliphatic carbocycles. The van der Waals surface area contributed by atoms with Gasteiger partial charge in [-0.1, -0.05) is 60.7 Å². The van der Waals surface area contributed by atoms with Crippen LogP contribution in [0.15, 0.2) is 60.7 Å². The summed E-state index contributed by atoms with van der Waals surface area (Å²) in [6.07, 6.45) is 1.75. The highest BCUT2D eigenvalue weighted by Gasteiger charge is 2.23. The number of hydroxylamine groups is 4. The topological polar surface area (TPSA) is 68.3 Å². The number of hydrogen-bond donors (Lipinski definition) is 0. The van der Waals surface area contributed by atoms with E-state index in [1.807, 2.05) is 81.4 Å². The molecule has 0 aromatic heterocycles. The van der Waals surface area contributed by atoms with Crippen molar-refractivity contribution in [2.75, 3.05) is 13.1 Å². The molecule has 7 nitrogen and oxygen atoms in total. The first-order chi connectivity index (χ1) is 15.7. The first kappa shape index (κ1) is 26.4. The van der Waals surface area contributed by atoms with Crippen LogP contribution < -0.4 is 0 Å². The highest BCUT2D eigenvalue weighted by molar-refractivity contribution is 5.71. The molecular formula is C26H36N2O5. The van der Waals surface area contributed by atoms with Crippen LogP contribution in [0, 0.1) is 0 Å². The zero-order valence-electron chi connectivity index (χ0n) is 20.2. The Labute approximate surface area is 197 Å². The molecule has 180 valence electrons. The summed E-state index contributed by atoms with van der Waals surface area (Å²) in [5.74, 6) is -0.132. The standard InChI is InChI=1S/C26H36N2O5/c1-22(29)27(31-20-23-14-8-5-9-15-23)18-12-7-13-19-28(25(30)33-26(2,3)4)32-21-24-16-10-6-11-17-24/h5-6,8-11,14-17H,7,12-13,18-21H2,1-4H3. The van der Waals surface area contributed by atoms with Gasteiger partial charge in [-0.25, -0.2) is 9.86 Å². The van der Waals surface area contributed by atoms with E-state index < -0.39 is 11.7 Å². The number of nitrogens with zero attached hydrogens (tertiary/aromatic N) is 2. The van der Waals surface area contributed by atoms with Gasteiger partial charge in [-0.15, -0.1) is 0 Å². The molecule has 2 rings (SSSR count). The monoisotopic (exact) mass is 456 g/mol. The van der Waals surface area contributed by atoms with E-state index in [-0.39, 0.29) is 12.5 Å². The molecular weight excluding hydrogens is 420 g/mol. The lowest BCUT2D eigenvalue weighted by Gasteiger charge is -2.27. The van der Waals surface area contributed by atoms with Crippen molar-refractivity contribution in [2.45, 2.75) is 65.8 Å². The van der Waals surface area contributed by atoms with Gasteiger partial charge in [0, 0.05) is 13.5 Å². The number of unbranched alkanes of at least 4 members (excludes halogenated alkanes) is 2. The Morgan fingerprint density at radius 3 is 1.64 bits per heavy atom. The van der Waals surface area contributed by atoms with Crippen LogP contribution >= 0.6 is 0 Å². The number of amides is 2. The van der Waals surface area contributed by atoms with Gasteiger partial charge in [-0.3, -0.25) is 14.5 Å². The van der Waals surface area contributed by atoms with Crippen molar-refractivity contribution in [3.8, 4) is 0 Å². The molecule has 0 fully saturated rings. The quantitative estimate of drug-likeness (QED) is 0.311. The van der Waals surface area contributed by atoms with E-state index in [1.54, 1.807) is 0 Å². The maximum absolute atomic E-state index is 12.6. The fourth-order valence-corrected chi connectivity index (χ4v) is 2.98. The summed E-state index contributed by atoms with van der Waals surface area (Å²) in [6, 6.07) is 19.4. The average molecular weight is 457 g/mol. The predicted molar refractivity (Wildman–Crippen MR) is 127 cm³/mol. The predicted octanol–water partition coefficient (Wildman–Crippen LogP) is 5.51. The number of carbonyl (C=O) groups is 2. The highest BCUT2D eigenvalue weighted by Crippen LogP contribution is 2.13. The van der Waals surface area contributed by atoms with Gasteiger partial charge in [0.2, 0.25) is 5.91 Å². The van der Waals surface area contributed by atoms with Crippen LogP contribution in [-0.2, 0) is 32.4 Å². The van der Waals surface area contributed by atoms with Crippen LogP contribution in [0.1, 0.15) is 58.1 Å². The normalized spacial score (nSPS) is 11.2. The Hall–Kier alpha value is -2.90. The molecule has 0 saturated heterocycles. The first-order valence-electron chi connectivity index (χ1n) is 11.4. The summed E-state index contributed by atoms with van der Waals surface area (Å²) in [5, 5.41) is 2.68. The molecule has 0 unspecified atom stereocenters. The van der Waals surface area contributed by atoms with Gasteiger partial charge in [0.1, 0.15) is 18.8 Å². The number of carbonyl (C=O) groups excluding carboxylic acids is 2. The fourth-order valence-electron chi connectivity index (χ4n) is 2.98. The Morgan fingerprint density at radius 1 is 0.727 bits per heavy atom. The Bertz CT molecular complexity index is 837. The number of ether oxygens (including phenoxy) is 1. The minimum absolute atomic E-state index is 0.132. The van der Waals surface area contributed by atoms with E-state index in [9.17, 15) is 9.59 Å². The molecule has 0 spiro atoms. The van der Waals surface area contributed by atoms with E-state index in [0.29, 0.717) is 26.1 Å². The largest absolute Gasteiger partial charge is 0.442 e. The van der Waals surface area contributed by atoms with Gasteiger partial charge in [0.25, 0.3) is 0 Å². The molecule has 2 amide bonds. The van der Waals surface area contributed by atoms with Crippen LogP contribution in [0.4, 0.5) is 4.79 Å². The van der Waals surface area contributed by atoms with Crippen molar-refractivity contribution in [1.29, 1.82) is 0 Å². The molecule has 0 saturated carbocycles. The lowest BCUT2D eigenvalue weighted by Crippen LogP contribution is -2.37. The molecule has 0 radical (unpaired) electrons. The minimum Gasteiger partial charge on any atom is -0.442 e. The Kier molecular flexibility index (Phi) is 10.9. The zero-order chi connectivity index (χ0) is 24.1. The molecule has 2 aromatic carbocycles. The van der Waals surface area contributed by atoms with Crippen molar-refractivity contribution in [3.63, 3.8) is 0 Å². The lowest BCUT2D eigenvalue weighted by molar-refractivity contribution is -0.189. The number of rotatable bonds is 12. The second-order valence-electron chi connectivity index (χ2n) is 8.78. The Morgan fingerprint density at radius 2 is 1.18 bits per heavy atom. The van der Waals surface area contributed by atoms with Gasteiger partial charge in [-0.05, 0) is 51.2 Å². The zero-order valence-corrected chi connectivity index (χ0v) is 20.2. The third-order valence-corrected chi connectivity index (χ3v) is 4.63. The molecule has 7 heteroatoms. The third-order valence-electron chi connectivity index (χ3n) is 4.63. The molecule has 0 heterocycles. The minimum atomic E-state index is -0.608. The third kappa shape index (κ3) is 11.0. The molecule has 0 bridgehead atoms.